The van der Waals surface area contributed by atoms with E-state index in [1.807, 2.05) is 0 Å². The van der Waals surface area contributed by atoms with Gasteiger partial charge in [0.15, 0.2) is 18.2 Å². The number of carbonyl (C=O) groups is 2. The van der Waals surface area contributed by atoms with Gasteiger partial charge in [-0.3, -0.25) is 9.59 Å². The van der Waals surface area contributed by atoms with E-state index in [9.17, 15) is 14.0 Å². The van der Waals surface area contributed by atoms with Crippen LogP contribution >= 0.6 is 31.9 Å². The number of halogens is 3. The fraction of sp³-hybridized carbons (Fsp3) is 0.222. The van der Waals surface area contributed by atoms with Gasteiger partial charge in [-0.1, -0.05) is 44.0 Å². The van der Waals surface area contributed by atoms with Crippen molar-refractivity contribution in [2.75, 3.05) is 13.7 Å². The number of rotatable bonds is 7. The topological polar surface area (TPSA) is 64.6 Å². The summed E-state index contributed by atoms with van der Waals surface area (Å²) in [7, 11) is 1.28. The molecule has 0 bridgehead atoms. The molecule has 0 saturated carbocycles. The molecule has 5 nitrogen and oxygen atoms in total. The number of carbonyl (C=O) groups excluding carboxylic acids is 2. The van der Waals surface area contributed by atoms with Crippen LogP contribution < -0.4 is 10.1 Å². The molecule has 8 heteroatoms. The van der Waals surface area contributed by atoms with Crippen LogP contribution in [-0.2, 0) is 14.3 Å². The maximum absolute atomic E-state index is 13.7. The molecule has 0 fully saturated rings. The first-order chi connectivity index (χ1) is 12.4. The zero-order chi connectivity index (χ0) is 19.1. The minimum atomic E-state index is -0.582. The Bertz CT molecular complexity index is 783. The molecule has 1 atom stereocenters. The maximum atomic E-state index is 13.7. The summed E-state index contributed by atoms with van der Waals surface area (Å²) in [5.41, 5.74) is 0.738. The number of methoxy groups -OCH3 is 1. The molecular weight excluding hydrogens is 473 g/mol. The quantitative estimate of drug-likeness (QED) is 0.594. The van der Waals surface area contributed by atoms with Crippen LogP contribution in [0, 0.1) is 5.82 Å². The Labute approximate surface area is 167 Å². The SMILES string of the molecule is COC(=O)CC(NC(=O)COc1ccc(Br)cc1F)c1ccc(Br)cc1. The molecule has 1 N–H and O–H groups in total. The van der Waals surface area contributed by atoms with Gasteiger partial charge >= 0.3 is 5.97 Å². The van der Waals surface area contributed by atoms with E-state index < -0.39 is 23.7 Å². The Morgan fingerprint density at radius 1 is 1.12 bits per heavy atom. The lowest BCUT2D eigenvalue weighted by Crippen LogP contribution is -2.34. The Kier molecular flexibility index (Phi) is 7.59. The van der Waals surface area contributed by atoms with E-state index in [-0.39, 0.29) is 18.8 Å². The number of amides is 1. The van der Waals surface area contributed by atoms with Crippen LogP contribution in [0.15, 0.2) is 51.4 Å². The maximum Gasteiger partial charge on any atom is 0.307 e. The van der Waals surface area contributed by atoms with E-state index in [1.165, 1.54) is 19.2 Å². The molecule has 2 aromatic rings. The van der Waals surface area contributed by atoms with Crippen molar-refractivity contribution in [2.24, 2.45) is 0 Å². The van der Waals surface area contributed by atoms with Crippen molar-refractivity contribution in [1.82, 2.24) is 5.32 Å². The number of ether oxygens (including phenoxy) is 2. The van der Waals surface area contributed by atoms with E-state index in [1.54, 1.807) is 30.3 Å². The molecule has 2 aromatic carbocycles. The number of hydrogen-bond acceptors (Lipinski definition) is 4. The number of hydrogen-bond donors (Lipinski definition) is 1. The molecule has 0 heterocycles. The normalized spacial score (nSPS) is 11.5. The van der Waals surface area contributed by atoms with Gasteiger partial charge in [0.05, 0.1) is 19.6 Å². The van der Waals surface area contributed by atoms with Crippen molar-refractivity contribution in [2.45, 2.75) is 12.5 Å². The fourth-order valence-corrected chi connectivity index (χ4v) is 2.77. The fourth-order valence-electron chi connectivity index (χ4n) is 2.17. The van der Waals surface area contributed by atoms with E-state index in [4.69, 9.17) is 4.74 Å². The molecule has 0 aliphatic heterocycles. The van der Waals surface area contributed by atoms with E-state index >= 15 is 0 Å². The van der Waals surface area contributed by atoms with Crippen molar-refractivity contribution in [3.63, 3.8) is 0 Å². The highest BCUT2D eigenvalue weighted by Gasteiger charge is 2.19. The van der Waals surface area contributed by atoms with Crippen LogP contribution in [0.3, 0.4) is 0 Å². The summed E-state index contributed by atoms with van der Waals surface area (Å²) in [5, 5.41) is 2.71. The highest BCUT2D eigenvalue weighted by atomic mass is 79.9. The summed E-state index contributed by atoms with van der Waals surface area (Å²) in [6.07, 6.45) is -0.0312. The van der Waals surface area contributed by atoms with Crippen LogP contribution in [0.5, 0.6) is 5.75 Å². The van der Waals surface area contributed by atoms with Crippen LogP contribution in [0.4, 0.5) is 4.39 Å². The van der Waals surface area contributed by atoms with Crippen molar-refractivity contribution in [3.05, 3.63) is 62.8 Å². The zero-order valence-electron chi connectivity index (χ0n) is 13.8. The molecule has 2 rings (SSSR count). The van der Waals surface area contributed by atoms with E-state index in [0.717, 1.165) is 10.0 Å². The Balaban J connectivity index is 2.03. The molecule has 0 aromatic heterocycles. The Morgan fingerprint density at radius 2 is 1.77 bits per heavy atom. The first-order valence-electron chi connectivity index (χ1n) is 7.58. The highest BCUT2D eigenvalue weighted by molar-refractivity contribution is 9.10. The molecule has 0 saturated heterocycles. The average Bonchev–Trinajstić information content (AvgIpc) is 2.61. The van der Waals surface area contributed by atoms with Crippen molar-refractivity contribution >= 4 is 43.7 Å². The van der Waals surface area contributed by atoms with Gasteiger partial charge in [0, 0.05) is 8.95 Å². The molecule has 0 aliphatic carbocycles. The van der Waals surface area contributed by atoms with Gasteiger partial charge in [0.2, 0.25) is 0 Å². The summed E-state index contributed by atoms with van der Waals surface area (Å²) in [4.78, 5) is 23.8. The van der Waals surface area contributed by atoms with Crippen molar-refractivity contribution < 1.29 is 23.5 Å². The van der Waals surface area contributed by atoms with E-state index in [2.05, 4.69) is 41.9 Å². The van der Waals surface area contributed by atoms with Crippen LogP contribution in [0.1, 0.15) is 18.0 Å². The lowest BCUT2D eigenvalue weighted by Gasteiger charge is -2.18. The summed E-state index contributed by atoms with van der Waals surface area (Å²) < 4.78 is 25.1. The van der Waals surface area contributed by atoms with Gasteiger partial charge in [0.1, 0.15) is 0 Å². The molecule has 0 spiro atoms. The van der Waals surface area contributed by atoms with Crippen molar-refractivity contribution in [1.29, 1.82) is 0 Å². The average molecular weight is 489 g/mol. The van der Waals surface area contributed by atoms with Gasteiger partial charge in [-0.25, -0.2) is 4.39 Å². The third kappa shape index (κ3) is 6.10. The molecule has 26 heavy (non-hydrogen) atoms. The summed E-state index contributed by atoms with van der Waals surface area (Å²) in [6, 6.07) is 10.9. The monoisotopic (exact) mass is 487 g/mol. The summed E-state index contributed by atoms with van der Waals surface area (Å²) in [5.74, 6) is -1.55. The summed E-state index contributed by atoms with van der Waals surface area (Å²) in [6.45, 7) is -0.382. The van der Waals surface area contributed by atoms with Gasteiger partial charge in [-0.15, -0.1) is 0 Å². The van der Waals surface area contributed by atoms with Gasteiger partial charge in [0.25, 0.3) is 5.91 Å². The lowest BCUT2D eigenvalue weighted by atomic mass is 10.0. The predicted octanol–water partition coefficient (Wildman–Crippen LogP) is 4.15. The van der Waals surface area contributed by atoms with Crippen LogP contribution in [0.25, 0.3) is 0 Å². The van der Waals surface area contributed by atoms with Gasteiger partial charge < -0.3 is 14.8 Å². The highest BCUT2D eigenvalue weighted by Crippen LogP contribution is 2.22. The molecule has 138 valence electrons. The first-order valence-corrected chi connectivity index (χ1v) is 9.17. The third-order valence-electron chi connectivity index (χ3n) is 3.46. The minimum Gasteiger partial charge on any atom is -0.481 e. The molecular formula is C18H16Br2FNO4. The van der Waals surface area contributed by atoms with Gasteiger partial charge in [-0.2, -0.15) is 0 Å². The first kappa shape index (κ1) is 20.4. The van der Waals surface area contributed by atoms with Crippen molar-refractivity contribution in [3.8, 4) is 5.75 Å². The van der Waals surface area contributed by atoms with Crippen LogP contribution in [-0.4, -0.2) is 25.6 Å². The number of esters is 1. The second-order valence-corrected chi connectivity index (χ2v) is 7.15. The third-order valence-corrected chi connectivity index (χ3v) is 4.48. The number of benzene rings is 2. The predicted molar refractivity (Wildman–Crippen MR) is 101 cm³/mol. The lowest BCUT2D eigenvalue weighted by molar-refractivity contribution is -0.141. The smallest absolute Gasteiger partial charge is 0.307 e. The standard InChI is InChI=1S/C18H16Br2FNO4/c1-25-18(24)9-15(11-2-4-12(19)5-3-11)22-17(23)10-26-16-7-6-13(20)8-14(16)21/h2-8,15H,9-10H2,1H3,(H,22,23). The van der Waals surface area contributed by atoms with E-state index in [0.29, 0.717) is 4.47 Å². The minimum absolute atomic E-state index is 0.0310. The summed E-state index contributed by atoms with van der Waals surface area (Å²) >= 11 is 6.48. The van der Waals surface area contributed by atoms with Gasteiger partial charge in [-0.05, 0) is 35.9 Å². The number of nitrogens with one attached hydrogen (secondary N) is 1. The second-order valence-electron chi connectivity index (χ2n) is 5.32. The molecule has 1 amide bonds. The Hall–Kier alpha value is -1.93. The molecule has 0 radical (unpaired) electrons. The van der Waals surface area contributed by atoms with Crippen LogP contribution in [0.2, 0.25) is 0 Å². The largest absolute Gasteiger partial charge is 0.481 e. The molecule has 0 aliphatic rings. The zero-order valence-corrected chi connectivity index (χ0v) is 17.0. The molecule has 1 unspecified atom stereocenters. The second kappa shape index (κ2) is 9.68. The Morgan fingerprint density at radius 3 is 2.38 bits per heavy atom.